The van der Waals surface area contributed by atoms with Gasteiger partial charge in [-0.05, 0) is 23.8 Å². The molecule has 6 heteroatoms. The molecule has 0 fully saturated rings. The predicted molar refractivity (Wildman–Crippen MR) is 86.2 cm³/mol. The molecule has 0 unspecified atom stereocenters. The number of aromatic carboxylic acids is 1. The van der Waals surface area contributed by atoms with Crippen LogP contribution >= 0.6 is 0 Å². The van der Waals surface area contributed by atoms with Crippen LogP contribution in [0.4, 0.5) is 5.69 Å². The van der Waals surface area contributed by atoms with Crippen LogP contribution in [-0.2, 0) is 10.0 Å². The number of carboxylic acids is 1. The van der Waals surface area contributed by atoms with E-state index in [9.17, 15) is 13.2 Å². The molecule has 0 atom stereocenters. The van der Waals surface area contributed by atoms with Crippen molar-refractivity contribution in [2.24, 2.45) is 0 Å². The number of rotatable bonds is 5. The zero-order chi connectivity index (χ0) is 16.2. The highest BCUT2D eigenvalue weighted by Gasteiger charge is 2.20. The highest BCUT2D eigenvalue weighted by molar-refractivity contribution is 7.95. The first-order valence-electron chi connectivity index (χ1n) is 6.46. The first-order chi connectivity index (χ1) is 10.4. The summed E-state index contributed by atoms with van der Waals surface area (Å²) in [6.07, 6.45) is 1.47. The third-order valence-electron chi connectivity index (χ3n) is 3.09. The van der Waals surface area contributed by atoms with E-state index in [1.165, 1.54) is 25.3 Å². The highest BCUT2D eigenvalue weighted by atomic mass is 32.2. The molecular formula is C16H15NO4S. The van der Waals surface area contributed by atoms with Gasteiger partial charge in [0.25, 0.3) is 10.0 Å². The van der Waals surface area contributed by atoms with Crippen LogP contribution in [0.2, 0.25) is 0 Å². The van der Waals surface area contributed by atoms with Gasteiger partial charge in [-0.15, -0.1) is 0 Å². The number of carbonyl (C=O) groups is 1. The Labute approximate surface area is 129 Å². The van der Waals surface area contributed by atoms with Crippen molar-refractivity contribution in [3.05, 3.63) is 71.1 Å². The Balaban J connectivity index is 2.34. The largest absolute Gasteiger partial charge is 0.478 e. The van der Waals surface area contributed by atoms with Crippen molar-refractivity contribution in [2.75, 3.05) is 11.4 Å². The van der Waals surface area contributed by atoms with E-state index in [1.807, 2.05) is 6.07 Å². The third kappa shape index (κ3) is 3.53. The molecule has 0 saturated carbocycles. The Morgan fingerprint density at radius 1 is 1.05 bits per heavy atom. The number of para-hydroxylation sites is 1. The second-order valence-corrected chi connectivity index (χ2v) is 6.40. The topological polar surface area (TPSA) is 74.7 Å². The monoisotopic (exact) mass is 317 g/mol. The molecule has 1 N–H and O–H groups in total. The first-order valence-corrected chi connectivity index (χ1v) is 7.96. The summed E-state index contributed by atoms with van der Waals surface area (Å²) in [6, 6.07) is 14.9. The van der Waals surface area contributed by atoms with E-state index < -0.39 is 16.0 Å². The van der Waals surface area contributed by atoms with E-state index in [2.05, 4.69) is 0 Å². The number of hydrogen-bond donors (Lipinski definition) is 1. The Morgan fingerprint density at radius 3 is 2.27 bits per heavy atom. The average molecular weight is 317 g/mol. The van der Waals surface area contributed by atoms with Gasteiger partial charge in [0.15, 0.2) is 0 Å². The fraction of sp³-hybridized carbons (Fsp3) is 0.0625. The fourth-order valence-corrected chi connectivity index (χ4v) is 2.83. The van der Waals surface area contributed by atoms with E-state index >= 15 is 0 Å². The number of benzene rings is 2. The molecule has 0 saturated heterocycles. The molecule has 0 aliphatic rings. The van der Waals surface area contributed by atoms with Crippen LogP contribution < -0.4 is 4.31 Å². The Morgan fingerprint density at radius 2 is 1.64 bits per heavy atom. The standard InChI is InChI=1S/C16H15NO4S/c1-17(15-10-6-5-9-14(15)16(18)19)22(20,21)12-11-13-7-3-2-4-8-13/h2-12H,1H3,(H,18,19). The summed E-state index contributed by atoms with van der Waals surface area (Å²) in [6.45, 7) is 0. The molecule has 2 rings (SSSR count). The summed E-state index contributed by atoms with van der Waals surface area (Å²) in [5.74, 6) is -1.18. The molecule has 2 aromatic rings. The van der Waals surface area contributed by atoms with E-state index in [0.717, 1.165) is 15.3 Å². The fourth-order valence-electron chi connectivity index (χ4n) is 1.89. The third-order valence-corrected chi connectivity index (χ3v) is 4.53. The van der Waals surface area contributed by atoms with Gasteiger partial charge in [-0.1, -0.05) is 42.5 Å². The van der Waals surface area contributed by atoms with Crippen molar-refractivity contribution in [2.45, 2.75) is 0 Å². The molecule has 0 amide bonds. The maximum atomic E-state index is 12.3. The smallest absolute Gasteiger partial charge is 0.337 e. The van der Waals surface area contributed by atoms with Crippen LogP contribution in [0.5, 0.6) is 0 Å². The van der Waals surface area contributed by atoms with Gasteiger partial charge < -0.3 is 5.11 Å². The minimum atomic E-state index is -3.78. The number of carboxylic acid groups (broad SMARTS) is 1. The quantitative estimate of drug-likeness (QED) is 0.920. The predicted octanol–water partition coefficient (Wildman–Crippen LogP) is 2.82. The molecule has 0 spiro atoms. The van der Waals surface area contributed by atoms with Crippen molar-refractivity contribution in [1.82, 2.24) is 0 Å². The number of nitrogens with zero attached hydrogens (tertiary/aromatic N) is 1. The Kier molecular flexibility index (Phi) is 4.62. The van der Waals surface area contributed by atoms with Gasteiger partial charge in [-0.25, -0.2) is 13.2 Å². The molecule has 5 nitrogen and oxygen atoms in total. The van der Waals surface area contributed by atoms with Gasteiger partial charge in [0.1, 0.15) is 0 Å². The zero-order valence-electron chi connectivity index (χ0n) is 11.9. The van der Waals surface area contributed by atoms with Crippen LogP contribution in [0.3, 0.4) is 0 Å². The van der Waals surface area contributed by atoms with Gasteiger partial charge in [-0.3, -0.25) is 4.31 Å². The molecule has 0 aliphatic heterocycles. The molecule has 114 valence electrons. The lowest BCUT2D eigenvalue weighted by Crippen LogP contribution is -2.26. The van der Waals surface area contributed by atoms with Crippen molar-refractivity contribution in [3.8, 4) is 0 Å². The molecule has 2 aromatic carbocycles. The second-order valence-electron chi connectivity index (χ2n) is 4.55. The normalized spacial score (nSPS) is 11.5. The molecule has 0 aromatic heterocycles. The van der Waals surface area contributed by atoms with E-state index in [0.29, 0.717) is 0 Å². The van der Waals surface area contributed by atoms with Crippen molar-refractivity contribution in [1.29, 1.82) is 0 Å². The van der Waals surface area contributed by atoms with Crippen LogP contribution in [0, 0.1) is 0 Å². The maximum Gasteiger partial charge on any atom is 0.337 e. The number of anilines is 1. The molecule has 0 heterocycles. The van der Waals surface area contributed by atoms with E-state index in [4.69, 9.17) is 5.11 Å². The highest BCUT2D eigenvalue weighted by Crippen LogP contribution is 2.22. The van der Waals surface area contributed by atoms with E-state index in [1.54, 1.807) is 36.4 Å². The van der Waals surface area contributed by atoms with Gasteiger partial charge in [0.05, 0.1) is 16.7 Å². The SMILES string of the molecule is CN(c1ccccc1C(=O)O)S(=O)(=O)C=Cc1ccccc1. The van der Waals surface area contributed by atoms with Crippen LogP contribution in [0.15, 0.2) is 60.0 Å². The summed E-state index contributed by atoms with van der Waals surface area (Å²) in [5, 5.41) is 10.2. The van der Waals surface area contributed by atoms with Crippen molar-refractivity contribution < 1.29 is 18.3 Å². The van der Waals surface area contributed by atoms with Crippen LogP contribution in [0.1, 0.15) is 15.9 Å². The average Bonchev–Trinajstić information content (AvgIpc) is 2.53. The molecule has 0 bridgehead atoms. The summed E-state index contributed by atoms with van der Waals surface area (Å²) in [5.41, 5.74) is 0.792. The maximum absolute atomic E-state index is 12.3. The number of sulfonamides is 1. The van der Waals surface area contributed by atoms with E-state index in [-0.39, 0.29) is 11.3 Å². The van der Waals surface area contributed by atoms with Gasteiger partial charge in [0.2, 0.25) is 0 Å². The zero-order valence-corrected chi connectivity index (χ0v) is 12.7. The summed E-state index contributed by atoms with van der Waals surface area (Å²) >= 11 is 0. The summed E-state index contributed by atoms with van der Waals surface area (Å²) < 4.78 is 25.6. The van der Waals surface area contributed by atoms with Gasteiger partial charge >= 0.3 is 5.97 Å². The minimum absolute atomic E-state index is 0.0679. The second kappa shape index (κ2) is 6.44. The van der Waals surface area contributed by atoms with Crippen LogP contribution in [0.25, 0.3) is 6.08 Å². The lowest BCUT2D eigenvalue weighted by atomic mass is 10.2. The number of hydrogen-bond acceptors (Lipinski definition) is 3. The van der Waals surface area contributed by atoms with Crippen molar-refractivity contribution in [3.63, 3.8) is 0 Å². The summed E-state index contributed by atoms with van der Waals surface area (Å²) in [7, 11) is -2.45. The Hall–Kier alpha value is -2.60. The van der Waals surface area contributed by atoms with Gasteiger partial charge in [0, 0.05) is 7.05 Å². The van der Waals surface area contributed by atoms with Gasteiger partial charge in [-0.2, -0.15) is 0 Å². The lowest BCUT2D eigenvalue weighted by Gasteiger charge is -2.19. The Bertz CT molecular complexity index is 798. The molecule has 0 radical (unpaired) electrons. The molecular weight excluding hydrogens is 302 g/mol. The molecule has 0 aliphatic carbocycles. The minimum Gasteiger partial charge on any atom is -0.478 e. The van der Waals surface area contributed by atoms with Crippen molar-refractivity contribution >= 4 is 27.8 Å². The summed E-state index contributed by atoms with van der Waals surface area (Å²) in [4.78, 5) is 11.2. The van der Waals surface area contributed by atoms with Crippen LogP contribution in [-0.4, -0.2) is 26.5 Å². The lowest BCUT2D eigenvalue weighted by molar-refractivity contribution is 0.0698. The molecule has 22 heavy (non-hydrogen) atoms. The first kappa shape index (κ1) is 15.8.